The third-order valence-electron chi connectivity index (χ3n) is 6.52. The van der Waals surface area contributed by atoms with Crippen LogP contribution >= 0.6 is 15.4 Å². The van der Waals surface area contributed by atoms with E-state index in [4.69, 9.17) is 0 Å². The molecule has 4 aromatic rings. The molecule has 1 heterocycles. The van der Waals surface area contributed by atoms with Crippen LogP contribution in [0, 0.1) is 12.1 Å². The fourth-order valence-corrected chi connectivity index (χ4v) is 8.44. The Kier molecular flexibility index (Phi) is 12.3. The van der Waals surface area contributed by atoms with Crippen molar-refractivity contribution in [3.63, 3.8) is 0 Å². The summed E-state index contributed by atoms with van der Waals surface area (Å²) >= 11 is 0. The van der Waals surface area contributed by atoms with Gasteiger partial charge in [0.05, 0.1) is 0 Å². The molecule has 5 rings (SSSR count). The molecule has 178 valence electrons. The zero-order chi connectivity index (χ0) is 23.3. The van der Waals surface area contributed by atoms with Crippen molar-refractivity contribution in [2.75, 3.05) is 26.2 Å². The van der Waals surface area contributed by atoms with Crippen LogP contribution in [0.15, 0.2) is 97.1 Å². The Morgan fingerprint density at radius 2 is 0.889 bits per heavy atom. The summed E-state index contributed by atoms with van der Waals surface area (Å²) in [6.45, 7) is 4.14. The molecule has 6 heteroatoms. The van der Waals surface area contributed by atoms with Crippen LogP contribution in [-0.4, -0.2) is 48.1 Å². The molecule has 1 aliphatic heterocycles. The molecule has 0 bridgehead atoms. The largest absolute Gasteiger partial charge is 0.280 e. The van der Waals surface area contributed by atoms with Crippen molar-refractivity contribution in [1.29, 1.82) is 0 Å². The van der Waals surface area contributed by atoms with Crippen molar-refractivity contribution in [2.24, 2.45) is 0 Å². The van der Waals surface area contributed by atoms with E-state index in [-0.39, 0.29) is 65.4 Å². The molecule has 2 unspecified atom stereocenters. The number of hydrogen-bond acceptors (Lipinski definition) is 2. The molecule has 1 fully saturated rings. The maximum Gasteiger partial charge on any atom is 0.0152 e. The van der Waals surface area contributed by atoms with Crippen LogP contribution in [0.4, 0.5) is 0 Å². The summed E-state index contributed by atoms with van der Waals surface area (Å²) in [7, 11) is -2.17. The zero-order valence-electron chi connectivity index (χ0n) is 20.5. The van der Waals surface area contributed by atoms with Gasteiger partial charge in [0.15, 0.2) is 0 Å². The smallest absolute Gasteiger partial charge is 0.0152 e. The Labute approximate surface area is 268 Å². The van der Waals surface area contributed by atoms with E-state index in [2.05, 4.69) is 107 Å². The fourth-order valence-electron chi connectivity index (χ4n) is 4.65. The summed E-state index contributed by atoms with van der Waals surface area (Å²) in [5.74, 6) is 0. The predicted molar refractivity (Wildman–Crippen MR) is 155 cm³/mol. The van der Waals surface area contributed by atoms with Gasteiger partial charge >= 0.3 is 0 Å². The molecule has 1 aliphatic rings. The monoisotopic (exact) mass is 658 g/mol. The van der Waals surface area contributed by atoms with Gasteiger partial charge in [0.25, 0.3) is 0 Å². The summed E-state index contributed by atoms with van der Waals surface area (Å²) in [5, 5.41) is 2.74. The van der Waals surface area contributed by atoms with Crippen LogP contribution in [-0.2, 0) is 65.4 Å². The molecule has 1 saturated heterocycles. The Morgan fingerprint density at radius 1 is 0.528 bits per heavy atom. The van der Waals surface area contributed by atoms with Crippen LogP contribution in [0.5, 0.6) is 0 Å². The quantitative estimate of drug-likeness (QED) is 0.205. The van der Waals surface area contributed by atoms with Crippen molar-refractivity contribution in [3.05, 3.63) is 109 Å². The minimum absolute atomic E-state index is 0. The number of rotatable bonds is 6. The summed E-state index contributed by atoms with van der Waals surface area (Å²) < 4.78 is 5.21. The molecule has 0 saturated carbocycles. The minimum atomic E-state index is -1.09. The first-order chi connectivity index (χ1) is 16.7. The maximum atomic E-state index is 4.68. The second kappa shape index (κ2) is 14.7. The van der Waals surface area contributed by atoms with Gasteiger partial charge in [-0.1, -0.05) is 72.3 Å². The molecule has 2 radical (unpaired) electrons. The summed E-state index contributed by atoms with van der Waals surface area (Å²) in [6, 6.07) is 40.7. The molecule has 0 N–H and O–H groups in total. The van der Waals surface area contributed by atoms with Crippen molar-refractivity contribution >= 4 is 38.6 Å². The molecular formula is C30H30N2P2Y2-2. The third-order valence-corrected chi connectivity index (χ3v) is 11.1. The minimum Gasteiger partial charge on any atom is -0.280 e. The van der Waals surface area contributed by atoms with E-state index in [0.29, 0.717) is 0 Å². The fraction of sp³-hybridized carbons (Fsp3) is 0.133. The molecule has 0 spiro atoms. The summed E-state index contributed by atoms with van der Waals surface area (Å²) in [5.41, 5.74) is 4.84. The first-order valence-corrected chi connectivity index (χ1v) is 15.0. The number of benzene rings is 4. The van der Waals surface area contributed by atoms with Gasteiger partial charge in [-0.2, -0.15) is 0 Å². The molecule has 2 nitrogen and oxygen atoms in total. The average molecular weight is 658 g/mol. The van der Waals surface area contributed by atoms with E-state index in [1.54, 1.807) is 0 Å². The second-order valence-electron chi connectivity index (χ2n) is 8.51. The maximum absolute atomic E-state index is 4.68. The van der Waals surface area contributed by atoms with Crippen LogP contribution < -0.4 is 10.6 Å². The van der Waals surface area contributed by atoms with E-state index < -0.39 is 15.4 Å². The standard InChI is InChI=1S/C30H30N2P2.2Y/c1-33(29-19-11-9-17-27(29)25-13-5-3-6-14-25)31-21-23-32(24-22-31)34(2)30-20-12-10-18-28(30)26-15-7-4-8-16-26;;/h3-13,15,17-20,33-34H,1-2,21-24H2;;/q-2;;. The number of hydrogen-bond donors (Lipinski definition) is 0. The normalized spacial score (nSPS) is 15.8. The SMILES string of the molecule is C=[PH](c1ccccc1-c1[c-]cccc1)N1CCN([PH](=C)c2ccccc2-c2[c-]cccc2)CC1.[Y].[Y]. The number of piperazine rings is 1. The van der Waals surface area contributed by atoms with E-state index in [0.717, 1.165) is 37.3 Å². The first-order valence-electron chi connectivity index (χ1n) is 11.7. The van der Waals surface area contributed by atoms with Gasteiger partial charge in [0.2, 0.25) is 0 Å². The van der Waals surface area contributed by atoms with Crippen molar-refractivity contribution in [2.45, 2.75) is 0 Å². The van der Waals surface area contributed by atoms with E-state index in [1.807, 2.05) is 24.3 Å². The summed E-state index contributed by atoms with van der Waals surface area (Å²) in [4.78, 5) is 0. The van der Waals surface area contributed by atoms with Crippen LogP contribution in [0.1, 0.15) is 0 Å². The van der Waals surface area contributed by atoms with Crippen LogP contribution in [0.2, 0.25) is 0 Å². The summed E-state index contributed by atoms with van der Waals surface area (Å²) in [6.07, 6.45) is 9.37. The zero-order valence-corrected chi connectivity index (χ0v) is 28.2. The van der Waals surface area contributed by atoms with Gasteiger partial charge in [0.1, 0.15) is 0 Å². The Bertz CT molecular complexity index is 1200. The second-order valence-corrected chi connectivity index (χ2v) is 12.6. The molecule has 4 aromatic carbocycles. The van der Waals surface area contributed by atoms with Gasteiger partial charge in [-0.25, -0.2) is 0 Å². The van der Waals surface area contributed by atoms with E-state index in [1.165, 1.54) is 21.7 Å². The van der Waals surface area contributed by atoms with Crippen LogP contribution in [0.25, 0.3) is 22.3 Å². The Morgan fingerprint density at radius 3 is 1.25 bits per heavy atom. The van der Waals surface area contributed by atoms with Gasteiger partial charge in [0, 0.05) is 91.6 Å². The van der Waals surface area contributed by atoms with Gasteiger partial charge < -0.3 is 0 Å². The Balaban J connectivity index is 0.00000180. The first kappa shape index (κ1) is 30.2. The topological polar surface area (TPSA) is 6.48 Å². The molecule has 36 heavy (non-hydrogen) atoms. The van der Waals surface area contributed by atoms with Crippen LogP contribution in [0.3, 0.4) is 0 Å². The van der Waals surface area contributed by atoms with E-state index in [9.17, 15) is 0 Å². The van der Waals surface area contributed by atoms with Gasteiger partial charge in [-0.15, -0.1) is 71.8 Å². The Hall–Kier alpha value is -0.392. The van der Waals surface area contributed by atoms with Gasteiger partial charge in [-0.05, 0) is 26.0 Å². The molecular weight excluding hydrogens is 628 g/mol. The van der Waals surface area contributed by atoms with Crippen molar-refractivity contribution in [1.82, 2.24) is 9.34 Å². The molecule has 2 atom stereocenters. The molecule has 0 amide bonds. The predicted octanol–water partition coefficient (Wildman–Crippen LogP) is 5.31. The third kappa shape index (κ3) is 6.97. The average Bonchev–Trinajstić information content (AvgIpc) is 2.93. The molecule has 0 aliphatic carbocycles. The van der Waals surface area contributed by atoms with Crippen molar-refractivity contribution in [3.8, 4) is 22.3 Å². The number of nitrogens with zero attached hydrogens (tertiary/aromatic N) is 2. The molecule has 0 aromatic heterocycles. The van der Waals surface area contributed by atoms with Gasteiger partial charge in [-0.3, -0.25) is 9.34 Å². The van der Waals surface area contributed by atoms with Crippen molar-refractivity contribution < 1.29 is 65.4 Å². The van der Waals surface area contributed by atoms with E-state index >= 15 is 0 Å².